The number of ketones is 1. The Morgan fingerprint density at radius 2 is 1.68 bits per heavy atom. The van der Waals surface area contributed by atoms with Crippen LogP contribution in [0.2, 0.25) is 0 Å². The number of rotatable bonds is 9. The quantitative estimate of drug-likeness (QED) is 0.570. The minimum Gasteiger partial charge on any atom is -0.306 e. The van der Waals surface area contributed by atoms with Gasteiger partial charge < -0.3 is 4.90 Å². The predicted molar refractivity (Wildman–Crippen MR) is 97.8 cm³/mol. The molecule has 0 spiro atoms. The average Bonchev–Trinajstić information content (AvgIpc) is 2.48. The van der Waals surface area contributed by atoms with E-state index in [1.807, 2.05) is 26.0 Å². The highest BCUT2D eigenvalue weighted by Crippen LogP contribution is 2.24. The topological polar surface area (TPSA) is 20.3 Å². The van der Waals surface area contributed by atoms with Crippen LogP contribution in [0.25, 0.3) is 0 Å². The summed E-state index contributed by atoms with van der Waals surface area (Å²) in [5.41, 5.74) is 2.20. The van der Waals surface area contributed by atoms with Gasteiger partial charge in [-0.25, -0.2) is 0 Å². The lowest BCUT2D eigenvalue weighted by molar-refractivity contribution is 0.0939. The number of hydrogen-bond acceptors (Lipinski definition) is 2. The monoisotopic (exact) mass is 305 g/mol. The molecule has 1 atom stereocenters. The normalized spacial score (nSPS) is 12.3. The summed E-state index contributed by atoms with van der Waals surface area (Å²) in [6.07, 6.45) is 3.54. The predicted octanol–water partition coefficient (Wildman–Crippen LogP) is 5.39. The number of benzene rings is 1. The summed E-state index contributed by atoms with van der Waals surface area (Å²) in [5, 5.41) is 0. The molecule has 0 aliphatic heterocycles. The Labute approximate surface area is 137 Å². The molecule has 0 saturated heterocycles. The summed E-state index contributed by atoms with van der Waals surface area (Å²) in [6.45, 7) is 10.7. The molecule has 126 valence electrons. The minimum atomic E-state index is 0. The first-order valence-corrected chi connectivity index (χ1v) is 8.32. The first-order valence-electron chi connectivity index (χ1n) is 8.32. The van der Waals surface area contributed by atoms with E-state index in [1.165, 1.54) is 18.4 Å². The maximum Gasteiger partial charge on any atom is 0.165 e. The van der Waals surface area contributed by atoms with Crippen molar-refractivity contribution in [3.05, 3.63) is 35.4 Å². The van der Waals surface area contributed by atoms with Gasteiger partial charge in [-0.2, -0.15) is 0 Å². The molecule has 0 aliphatic rings. The SMILES string of the molecule is C.CCCN(C)CCC(CC)c1ccc(C(=O)C(C)C)cc1. The van der Waals surface area contributed by atoms with E-state index in [0.29, 0.717) is 5.92 Å². The van der Waals surface area contributed by atoms with Gasteiger partial charge in [0.25, 0.3) is 0 Å². The van der Waals surface area contributed by atoms with Crippen molar-refractivity contribution in [2.24, 2.45) is 5.92 Å². The van der Waals surface area contributed by atoms with Gasteiger partial charge in [0, 0.05) is 11.5 Å². The van der Waals surface area contributed by atoms with Gasteiger partial charge >= 0.3 is 0 Å². The van der Waals surface area contributed by atoms with Crippen LogP contribution in [-0.2, 0) is 0 Å². The molecule has 2 heteroatoms. The van der Waals surface area contributed by atoms with E-state index >= 15 is 0 Å². The van der Waals surface area contributed by atoms with Gasteiger partial charge in [-0.1, -0.05) is 59.4 Å². The second kappa shape index (κ2) is 10.6. The van der Waals surface area contributed by atoms with Crippen molar-refractivity contribution in [1.82, 2.24) is 4.90 Å². The van der Waals surface area contributed by atoms with Gasteiger partial charge in [0.05, 0.1) is 0 Å². The van der Waals surface area contributed by atoms with Crippen molar-refractivity contribution in [3.63, 3.8) is 0 Å². The van der Waals surface area contributed by atoms with Crippen molar-refractivity contribution in [3.8, 4) is 0 Å². The van der Waals surface area contributed by atoms with Crippen LogP contribution in [0.1, 0.15) is 76.2 Å². The van der Waals surface area contributed by atoms with Gasteiger partial charge in [0.1, 0.15) is 0 Å². The standard InChI is InChI=1S/C19H31NO.CH4/c1-6-13-20(5)14-12-16(7-2)17-8-10-18(11-9-17)19(21)15(3)4;/h8-11,15-16H,6-7,12-14H2,1-5H3;1H4. The maximum atomic E-state index is 12.0. The fraction of sp³-hybridized carbons (Fsp3) is 0.650. The van der Waals surface area contributed by atoms with Gasteiger partial charge in [-0.15, -0.1) is 0 Å². The van der Waals surface area contributed by atoms with Crippen molar-refractivity contribution in [2.75, 3.05) is 20.1 Å². The largest absolute Gasteiger partial charge is 0.306 e. The Hall–Kier alpha value is -1.15. The molecule has 2 nitrogen and oxygen atoms in total. The van der Waals surface area contributed by atoms with Gasteiger partial charge in [-0.05, 0) is 50.9 Å². The number of nitrogens with zero attached hydrogens (tertiary/aromatic N) is 1. The molecular weight excluding hydrogens is 270 g/mol. The highest BCUT2D eigenvalue weighted by molar-refractivity contribution is 5.97. The molecular formula is C20H35NO. The van der Waals surface area contributed by atoms with E-state index in [-0.39, 0.29) is 19.1 Å². The molecule has 0 saturated carbocycles. The van der Waals surface area contributed by atoms with E-state index in [2.05, 4.69) is 37.9 Å². The van der Waals surface area contributed by atoms with Crippen LogP contribution >= 0.6 is 0 Å². The van der Waals surface area contributed by atoms with Crippen LogP contribution in [0.15, 0.2) is 24.3 Å². The Morgan fingerprint density at radius 3 is 2.14 bits per heavy atom. The first kappa shape index (κ1) is 20.9. The van der Waals surface area contributed by atoms with Crippen molar-refractivity contribution in [2.45, 2.75) is 60.3 Å². The number of Topliss-reactive ketones (excluding diaryl/α,β-unsaturated/α-hetero) is 1. The molecule has 1 aromatic rings. The molecule has 0 aromatic heterocycles. The Bertz CT molecular complexity index is 422. The average molecular weight is 306 g/mol. The number of carbonyl (C=O) groups is 1. The molecule has 0 radical (unpaired) electrons. The van der Waals surface area contributed by atoms with E-state index in [9.17, 15) is 4.79 Å². The lowest BCUT2D eigenvalue weighted by Crippen LogP contribution is -2.22. The Kier molecular flexibility index (Phi) is 10.0. The minimum absolute atomic E-state index is 0. The van der Waals surface area contributed by atoms with E-state index < -0.39 is 0 Å². The highest BCUT2D eigenvalue weighted by atomic mass is 16.1. The summed E-state index contributed by atoms with van der Waals surface area (Å²) in [5.74, 6) is 0.894. The molecule has 0 aliphatic carbocycles. The molecule has 0 amide bonds. The molecule has 0 heterocycles. The van der Waals surface area contributed by atoms with Crippen LogP contribution < -0.4 is 0 Å². The third kappa shape index (κ3) is 6.31. The fourth-order valence-electron chi connectivity index (χ4n) is 2.73. The molecule has 0 fully saturated rings. The van der Waals surface area contributed by atoms with Crippen molar-refractivity contribution < 1.29 is 4.79 Å². The Morgan fingerprint density at radius 1 is 1.09 bits per heavy atom. The molecule has 1 unspecified atom stereocenters. The molecule has 1 aromatic carbocycles. The summed E-state index contributed by atoms with van der Waals surface area (Å²) in [7, 11) is 2.20. The second-order valence-electron chi connectivity index (χ2n) is 6.34. The first-order chi connectivity index (χ1) is 9.99. The summed E-state index contributed by atoms with van der Waals surface area (Å²) < 4.78 is 0. The van der Waals surface area contributed by atoms with Crippen LogP contribution in [-0.4, -0.2) is 30.8 Å². The highest BCUT2D eigenvalue weighted by Gasteiger charge is 2.13. The van der Waals surface area contributed by atoms with Crippen LogP contribution in [0, 0.1) is 5.92 Å². The van der Waals surface area contributed by atoms with Crippen molar-refractivity contribution >= 4 is 5.78 Å². The van der Waals surface area contributed by atoms with E-state index in [4.69, 9.17) is 0 Å². The molecule has 0 N–H and O–H groups in total. The van der Waals surface area contributed by atoms with Gasteiger partial charge in [-0.3, -0.25) is 4.79 Å². The van der Waals surface area contributed by atoms with Crippen molar-refractivity contribution in [1.29, 1.82) is 0 Å². The molecule has 0 bridgehead atoms. The summed E-state index contributed by atoms with van der Waals surface area (Å²) in [6, 6.07) is 8.28. The second-order valence-corrected chi connectivity index (χ2v) is 6.34. The number of hydrogen-bond donors (Lipinski definition) is 0. The maximum absolute atomic E-state index is 12.0. The van der Waals surface area contributed by atoms with Crippen LogP contribution in [0.5, 0.6) is 0 Å². The summed E-state index contributed by atoms with van der Waals surface area (Å²) in [4.78, 5) is 14.4. The molecule has 22 heavy (non-hydrogen) atoms. The zero-order chi connectivity index (χ0) is 15.8. The lowest BCUT2D eigenvalue weighted by Gasteiger charge is -2.21. The van der Waals surface area contributed by atoms with E-state index in [0.717, 1.165) is 25.1 Å². The zero-order valence-electron chi connectivity index (χ0n) is 14.4. The fourth-order valence-corrected chi connectivity index (χ4v) is 2.73. The zero-order valence-corrected chi connectivity index (χ0v) is 14.4. The summed E-state index contributed by atoms with van der Waals surface area (Å²) >= 11 is 0. The van der Waals surface area contributed by atoms with E-state index in [1.54, 1.807) is 0 Å². The third-order valence-electron chi connectivity index (χ3n) is 4.15. The number of carbonyl (C=O) groups excluding carboxylic acids is 1. The van der Waals surface area contributed by atoms with Gasteiger partial charge in [0.15, 0.2) is 5.78 Å². The third-order valence-corrected chi connectivity index (χ3v) is 4.15. The Balaban J connectivity index is 0.00000441. The van der Waals surface area contributed by atoms with Gasteiger partial charge in [0.2, 0.25) is 0 Å². The lowest BCUT2D eigenvalue weighted by atomic mass is 9.91. The smallest absolute Gasteiger partial charge is 0.165 e. The van der Waals surface area contributed by atoms with Crippen LogP contribution in [0.3, 0.4) is 0 Å². The van der Waals surface area contributed by atoms with Crippen LogP contribution in [0.4, 0.5) is 0 Å². The molecule has 1 rings (SSSR count).